The molecule has 0 spiro atoms. The molecule has 0 bridgehead atoms. The van der Waals surface area contributed by atoms with Crippen LogP contribution in [0.25, 0.3) is 0 Å². The van der Waals surface area contributed by atoms with Crippen molar-refractivity contribution in [1.29, 1.82) is 0 Å². The third-order valence-electron chi connectivity index (χ3n) is 5.30. The number of cyclic esters (lactones) is 1. The Labute approximate surface area is 112 Å². The number of esters is 1. The highest BCUT2D eigenvalue weighted by molar-refractivity contribution is 5.79. The van der Waals surface area contributed by atoms with Crippen LogP contribution in [-0.4, -0.2) is 36.9 Å². The van der Waals surface area contributed by atoms with E-state index in [1.54, 1.807) is 0 Å². The minimum absolute atomic E-state index is 0.000233. The van der Waals surface area contributed by atoms with Gasteiger partial charge in [0.1, 0.15) is 6.10 Å². The Morgan fingerprint density at radius 2 is 1.95 bits per heavy atom. The summed E-state index contributed by atoms with van der Waals surface area (Å²) in [6, 6.07) is 0. The number of carbonyl (C=O) groups is 1. The van der Waals surface area contributed by atoms with Gasteiger partial charge in [0.2, 0.25) is 0 Å². The molecule has 0 aromatic heterocycles. The molecule has 1 aliphatic carbocycles. The predicted molar refractivity (Wildman–Crippen MR) is 64.0 cm³/mol. The number of fused-ring (bicyclic) bond motifs is 5. The molecule has 0 N–H and O–H groups in total. The molecule has 5 nitrogen and oxygen atoms in total. The molecule has 0 aromatic carbocycles. The molecular formula is C14H20O5. The van der Waals surface area contributed by atoms with Crippen LogP contribution in [0, 0.1) is 17.3 Å². The monoisotopic (exact) mass is 268 g/mol. The number of hydrogen-bond donors (Lipinski definition) is 0. The lowest BCUT2D eigenvalue weighted by atomic mass is 9.64. The van der Waals surface area contributed by atoms with Crippen molar-refractivity contribution in [3.05, 3.63) is 0 Å². The quantitative estimate of drug-likeness (QED) is 0.622. The molecule has 19 heavy (non-hydrogen) atoms. The molecule has 4 rings (SSSR count). The second-order valence-electron chi connectivity index (χ2n) is 6.89. The average molecular weight is 268 g/mol. The second kappa shape index (κ2) is 3.51. The molecule has 3 aliphatic heterocycles. The predicted octanol–water partition coefficient (Wildman–Crippen LogP) is 1.45. The van der Waals surface area contributed by atoms with Crippen LogP contribution in [-0.2, 0) is 23.7 Å². The van der Waals surface area contributed by atoms with Crippen LogP contribution >= 0.6 is 0 Å². The highest BCUT2D eigenvalue weighted by atomic mass is 16.8. The zero-order valence-corrected chi connectivity index (χ0v) is 11.5. The molecule has 3 saturated heterocycles. The van der Waals surface area contributed by atoms with E-state index in [0.29, 0.717) is 12.5 Å². The van der Waals surface area contributed by atoms with E-state index in [1.165, 1.54) is 0 Å². The minimum atomic E-state index is -0.566. The van der Waals surface area contributed by atoms with Crippen molar-refractivity contribution in [2.45, 2.75) is 57.9 Å². The molecule has 0 radical (unpaired) electrons. The fourth-order valence-corrected chi connectivity index (χ4v) is 4.19. The average Bonchev–Trinajstić information content (AvgIpc) is 2.88. The summed E-state index contributed by atoms with van der Waals surface area (Å²) in [5.74, 6) is -0.180. The van der Waals surface area contributed by atoms with E-state index < -0.39 is 5.79 Å². The van der Waals surface area contributed by atoms with Gasteiger partial charge in [-0.25, -0.2) is 0 Å². The van der Waals surface area contributed by atoms with E-state index in [4.69, 9.17) is 18.9 Å². The highest BCUT2D eigenvalue weighted by Gasteiger charge is 2.64. The topological polar surface area (TPSA) is 54.0 Å². The van der Waals surface area contributed by atoms with Gasteiger partial charge in [-0.15, -0.1) is 0 Å². The molecule has 1 saturated carbocycles. The van der Waals surface area contributed by atoms with Crippen molar-refractivity contribution in [2.75, 3.05) is 6.61 Å². The number of ether oxygens (including phenoxy) is 4. The lowest BCUT2D eigenvalue weighted by Crippen LogP contribution is -2.47. The number of carbonyl (C=O) groups excluding carboxylic acids is 1. The van der Waals surface area contributed by atoms with Crippen LogP contribution in [0.3, 0.4) is 0 Å². The molecule has 0 aromatic rings. The van der Waals surface area contributed by atoms with E-state index in [1.807, 2.05) is 20.8 Å². The van der Waals surface area contributed by atoms with E-state index in [2.05, 4.69) is 0 Å². The van der Waals surface area contributed by atoms with E-state index in [-0.39, 0.29) is 35.8 Å². The Kier molecular flexibility index (Phi) is 2.24. The largest absolute Gasteiger partial charge is 0.465 e. The Morgan fingerprint density at radius 3 is 2.74 bits per heavy atom. The van der Waals surface area contributed by atoms with Crippen LogP contribution in [0.4, 0.5) is 0 Å². The molecule has 4 fully saturated rings. The van der Waals surface area contributed by atoms with Crippen LogP contribution in [0.2, 0.25) is 0 Å². The van der Waals surface area contributed by atoms with Gasteiger partial charge in [0, 0.05) is 11.8 Å². The highest BCUT2D eigenvalue weighted by Crippen LogP contribution is 2.55. The Hall–Kier alpha value is -0.650. The first-order valence-corrected chi connectivity index (χ1v) is 7.09. The van der Waals surface area contributed by atoms with Crippen molar-refractivity contribution in [3.63, 3.8) is 0 Å². The fourth-order valence-electron chi connectivity index (χ4n) is 4.19. The Morgan fingerprint density at radius 1 is 1.16 bits per heavy atom. The summed E-state index contributed by atoms with van der Waals surface area (Å²) in [7, 11) is 0. The molecule has 6 atom stereocenters. The first-order chi connectivity index (χ1) is 8.91. The van der Waals surface area contributed by atoms with Crippen molar-refractivity contribution < 1.29 is 23.7 Å². The summed E-state index contributed by atoms with van der Waals surface area (Å²) in [4.78, 5) is 11.9. The SMILES string of the molecule is CC1(C)O[C@H]2O[C@H]3[C@@H](CC[C@@]4(C)C(=O)OC[C@@H]34)[C@H]2O1. The van der Waals surface area contributed by atoms with Gasteiger partial charge in [0.15, 0.2) is 12.1 Å². The maximum Gasteiger partial charge on any atom is 0.312 e. The van der Waals surface area contributed by atoms with Crippen LogP contribution in [0.1, 0.15) is 33.6 Å². The standard InChI is InChI=1S/C14H20O5/c1-13(2)18-10-7-4-5-14(3)8(6-16-12(14)15)9(7)17-11(10)19-13/h7-11H,4-6H2,1-3H3/t7-,8+,9+,10-,11-,14-/m1/s1. The minimum Gasteiger partial charge on any atom is -0.465 e. The van der Waals surface area contributed by atoms with E-state index >= 15 is 0 Å². The fraction of sp³-hybridized carbons (Fsp3) is 0.929. The summed E-state index contributed by atoms with van der Waals surface area (Å²) in [6.07, 6.45) is 1.53. The normalized spacial score (nSPS) is 54.5. The van der Waals surface area contributed by atoms with Crippen LogP contribution in [0.15, 0.2) is 0 Å². The summed E-state index contributed by atoms with van der Waals surface area (Å²) in [6.45, 7) is 6.31. The first-order valence-electron chi connectivity index (χ1n) is 7.09. The van der Waals surface area contributed by atoms with Crippen molar-refractivity contribution >= 4 is 5.97 Å². The zero-order chi connectivity index (χ0) is 13.4. The van der Waals surface area contributed by atoms with E-state index in [0.717, 1.165) is 12.8 Å². The molecular weight excluding hydrogens is 248 g/mol. The molecule has 3 heterocycles. The maximum atomic E-state index is 11.9. The smallest absolute Gasteiger partial charge is 0.312 e. The van der Waals surface area contributed by atoms with Gasteiger partial charge < -0.3 is 18.9 Å². The van der Waals surface area contributed by atoms with Crippen LogP contribution < -0.4 is 0 Å². The third kappa shape index (κ3) is 1.49. The van der Waals surface area contributed by atoms with Gasteiger partial charge in [-0.05, 0) is 33.6 Å². The first kappa shape index (κ1) is 12.1. The van der Waals surface area contributed by atoms with Crippen molar-refractivity contribution in [1.82, 2.24) is 0 Å². The summed E-state index contributed by atoms with van der Waals surface area (Å²) in [5.41, 5.74) is -0.380. The molecule has 0 amide bonds. The lowest BCUT2D eigenvalue weighted by molar-refractivity contribution is -0.223. The Bertz CT molecular complexity index is 434. The second-order valence-corrected chi connectivity index (χ2v) is 6.89. The Balaban J connectivity index is 1.61. The summed E-state index contributed by atoms with van der Waals surface area (Å²) >= 11 is 0. The van der Waals surface area contributed by atoms with Gasteiger partial charge in [-0.3, -0.25) is 4.79 Å². The van der Waals surface area contributed by atoms with Crippen molar-refractivity contribution in [3.8, 4) is 0 Å². The molecule has 5 heteroatoms. The van der Waals surface area contributed by atoms with Crippen LogP contribution in [0.5, 0.6) is 0 Å². The third-order valence-corrected chi connectivity index (χ3v) is 5.30. The van der Waals surface area contributed by atoms with Gasteiger partial charge in [0.25, 0.3) is 0 Å². The van der Waals surface area contributed by atoms with E-state index in [9.17, 15) is 4.79 Å². The van der Waals surface area contributed by atoms with Gasteiger partial charge in [-0.2, -0.15) is 0 Å². The molecule has 4 aliphatic rings. The number of hydrogen-bond acceptors (Lipinski definition) is 5. The molecule has 0 unspecified atom stereocenters. The maximum absolute atomic E-state index is 11.9. The lowest BCUT2D eigenvalue weighted by Gasteiger charge is -2.40. The van der Waals surface area contributed by atoms with Gasteiger partial charge in [0.05, 0.1) is 18.1 Å². The van der Waals surface area contributed by atoms with Crippen molar-refractivity contribution in [2.24, 2.45) is 17.3 Å². The summed E-state index contributed by atoms with van der Waals surface area (Å²) in [5, 5.41) is 0. The number of rotatable bonds is 0. The zero-order valence-electron chi connectivity index (χ0n) is 11.5. The van der Waals surface area contributed by atoms with Gasteiger partial charge in [-0.1, -0.05) is 0 Å². The molecule has 106 valence electrons. The summed E-state index contributed by atoms with van der Waals surface area (Å²) < 4.78 is 23.1. The van der Waals surface area contributed by atoms with Gasteiger partial charge >= 0.3 is 5.97 Å².